The van der Waals surface area contributed by atoms with Crippen LogP contribution in [0.5, 0.6) is 0 Å². The third-order valence-corrected chi connectivity index (χ3v) is 3.30. The maximum absolute atomic E-state index is 10.7. The highest BCUT2D eigenvalue weighted by Gasteiger charge is 2.52. The second kappa shape index (κ2) is 5.84. The molecule has 0 aliphatic heterocycles. The summed E-state index contributed by atoms with van der Waals surface area (Å²) in [5.41, 5.74) is 0.118. The zero-order valence-corrected chi connectivity index (χ0v) is 10.5. The zero-order chi connectivity index (χ0) is 12.9. The van der Waals surface area contributed by atoms with E-state index in [2.05, 4.69) is 6.58 Å². The predicted octanol–water partition coefficient (Wildman–Crippen LogP) is 2.09. The molecule has 17 heavy (non-hydrogen) atoms. The van der Waals surface area contributed by atoms with Gasteiger partial charge < -0.3 is 9.47 Å². The van der Waals surface area contributed by atoms with Crippen LogP contribution in [-0.4, -0.2) is 25.2 Å². The van der Waals surface area contributed by atoms with Gasteiger partial charge in [-0.25, -0.2) is 0 Å². The van der Waals surface area contributed by atoms with Crippen LogP contribution >= 0.6 is 0 Å². The van der Waals surface area contributed by atoms with E-state index in [0.29, 0.717) is 19.1 Å². The fourth-order valence-electron chi connectivity index (χ4n) is 2.23. The van der Waals surface area contributed by atoms with E-state index in [1.807, 2.05) is 6.08 Å². The number of hydrogen-bond donors (Lipinski definition) is 0. The van der Waals surface area contributed by atoms with Crippen molar-refractivity contribution in [1.29, 1.82) is 0 Å². The molecule has 0 aromatic heterocycles. The molecule has 1 saturated carbocycles. The quantitative estimate of drug-likeness (QED) is 0.505. The van der Waals surface area contributed by atoms with Crippen LogP contribution in [0.2, 0.25) is 0 Å². The van der Waals surface area contributed by atoms with Crippen molar-refractivity contribution < 1.29 is 19.1 Å². The van der Waals surface area contributed by atoms with E-state index < -0.39 is 0 Å². The normalized spacial score (nSPS) is 26.1. The number of allylic oxidation sites excluding steroid dienone is 1. The van der Waals surface area contributed by atoms with Crippen molar-refractivity contribution in [2.75, 3.05) is 13.2 Å². The Hall–Kier alpha value is -1.32. The largest absolute Gasteiger partial charge is 0.466 e. The summed E-state index contributed by atoms with van der Waals surface area (Å²) in [7, 11) is 0. The first-order valence-corrected chi connectivity index (χ1v) is 5.88. The van der Waals surface area contributed by atoms with Crippen LogP contribution in [0.25, 0.3) is 0 Å². The molecule has 0 N–H and O–H groups in total. The summed E-state index contributed by atoms with van der Waals surface area (Å²) in [6, 6.07) is 0. The van der Waals surface area contributed by atoms with Crippen LogP contribution in [-0.2, 0) is 19.1 Å². The highest BCUT2D eigenvalue weighted by Crippen LogP contribution is 2.58. The third kappa shape index (κ3) is 4.21. The molecule has 0 bridgehead atoms. The Labute approximate surface area is 102 Å². The third-order valence-electron chi connectivity index (χ3n) is 3.30. The summed E-state index contributed by atoms with van der Waals surface area (Å²) < 4.78 is 9.97. The Balaban J connectivity index is 2.36. The molecule has 0 spiro atoms. The number of rotatable bonds is 7. The van der Waals surface area contributed by atoms with Gasteiger partial charge in [-0.1, -0.05) is 6.08 Å². The van der Waals surface area contributed by atoms with E-state index in [-0.39, 0.29) is 17.4 Å². The summed E-state index contributed by atoms with van der Waals surface area (Å²) in [5, 5.41) is 0. The maximum Gasteiger partial charge on any atom is 0.302 e. The van der Waals surface area contributed by atoms with Gasteiger partial charge in [0.1, 0.15) is 0 Å². The molecule has 4 heteroatoms. The summed E-state index contributed by atoms with van der Waals surface area (Å²) in [6.45, 7) is 7.45. The van der Waals surface area contributed by atoms with E-state index in [4.69, 9.17) is 9.47 Å². The fraction of sp³-hybridized carbons (Fsp3) is 0.692. The lowest BCUT2D eigenvalue weighted by molar-refractivity contribution is -0.141. The predicted molar refractivity (Wildman–Crippen MR) is 63.2 cm³/mol. The molecule has 1 rings (SSSR count). The minimum atomic E-state index is -0.254. The summed E-state index contributed by atoms with van der Waals surface area (Å²) in [4.78, 5) is 21.4. The zero-order valence-electron chi connectivity index (χ0n) is 10.5. The van der Waals surface area contributed by atoms with Crippen LogP contribution in [0, 0.1) is 11.3 Å². The van der Waals surface area contributed by atoms with Crippen molar-refractivity contribution in [1.82, 2.24) is 0 Å². The number of carbonyl (C=O) groups excluding carboxylic acids is 2. The van der Waals surface area contributed by atoms with Crippen molar-refractivity contribution in [2.45, 2.75) is 33.1 Å². The maximum atomic E-state index is 10.7. The minimum absolute atomic E-state index is 0.118. The fourth-order valence-corrected chi connectivity index (χ4v) is 2.23. The van der Waals surface area contributed by atoms with E-state index in [9.17, 15) is 9.59 Å². The van der Waals surface area contributed by atoms with Gasteiger partial charge in [0.25, 0.3) is 0 Å². The lowest BCUT2D eigenvalue weighted by Gasteiger charge is -2.15. The van der Waals surface area contributed by atoms with E-state index in [1.165, 1.54) is 13.8 Å². The Bertz CT molecular complexity index is 311. The van der Waals surface area contributed by atoms with Crippen molar-refractivity contribution in [2.24, 2.45) is 11.3 Å². The summed E-state index contributed by atoms with van der Waals surface area (Å²) in [6.07, 6.45) is 4.57. The molecule has 1 aliphatic rings. The Morgan fingerprint density at radius 3 is 2.53 bits per heavy atom. The molecule has 4 nitrogen and oxygen atoms in total. The molecule has 0 aromatic carbocycles. The van der Waals surface area contributed by atoms with E-state index in [0.717, 1.165) is 19.3 Å². The summed E-state index contributed by atoms with van der Waals surface area (Å²) >= 11 is 0. The molecule has 1 aliphatic carbocycles. The topological polar surface area (TPSA) is 52.6 Å². The second-order valence-corrected chi connectivity index (χ2v) is 4.65. The average Bonchev–Trinajstić information content (AvgIpc) is 2.89. The number of esters is 2. The smallest absolute Gasteiger partial charge is 0.302 e. The number of hydrogen-bond acceptors (Lipinski definition) is 4. The number of carbonyl (C=O) groups is 2. The molecular weight excluding hydrogens is 220 g/mol. The first-order valence-electron chi connectivity index (χ1n) is 5.88. The van der Waals surface area contributed by atoms with Gasteiger partial charge in [-0.2, -0.15) is 0 Å². The van der Waals surface area contributed by atoms with Crippen LogP contribution in [0.4, 0.5) is 0 Å². The Morgan fingerprint density at radius 1 is 1.35 bits per heavy atom. The Kier molecular flexibility index (Phi) is 4.73. The molecule has 96 valence electrons. The van der Waals surface area contributed by atoms with Gasteiger partial charge in [0, 0.05) is 13.8 Å². The van der Waals surface area contributed by atoms with E-state index >= 15 is 0 Å². The van der Waals surface area contributed by atoms with Crippen molar-refractivity contribution in [3.05, 3.63) is 12.7 Å². The standard InChI is InChI=1S/C13H20O4/c1-4-5-13(6-7-16-10(2)14)8-12(13)9-17-11(3)15/h4,12H,1,5-9H2,2-3H3/t12-,13-/m0/s1. The monoisotopic (exact) mass is 240 g/mol. The molecule has 0 aromatic rings. The van der Waals surface area contributed by atoms with Gasteiger partial charge >= 0.3 is 11.9 Å². The van der Waals surface area contributed by atoms with Crippen molar-refractivity contribution in [3.63, 3.8) is 0 Å². The average molecular weight is 240 g/mol. The van der Waals surface area contributed by atoms with Crippen LogP contribution in [0.15, 0.2) is 12.7 Å². The molecule has 0 saturated heterocycles. The first kappa shape index (κ1) is 13.7. The second-order valence-electron chi connectivity index (χ2n) is 4.65. The van der Waals surface area contributed by atoms with Crippen molar-refractivity contribution >= 4 is 11.9 Å². The Morgan fingerprint density at radius 2 is 2.00 bits per heavy atom. The van der Waals surface area contributed by atoms with Gasteiger partial charge in [0.05, 0.1) is 13.2 Å². The molecule has 0 radical (unpaired) electrons. The number of ether oxygens (including phenoxy) is 2. The molecule has 2 atom stereocenters. The lowest BCUT2D eigenvalue weighted by Crippen LogP contribution is -2.13. The highest BCUT2D eigenvalue weighted by atomic mass is 16.5. The van der Waals surface area contributed by atoms with Gasteiger partial charge in [0.15, 0.2) is 0 Å². The molecule has 0 heterocycles. The van der Waals surface area contributed by atoms with Gasteiger partial charge in [-0.15, -0.1) is 6.58 Å². The van der Waals surface area contributed by atoms with Crippen LogP contribution < -0.4 is 0 Å². The van der Waals surface area contributed by atoms with Gasteiger partial charge in [0.2, 0.25) is 0 Å². The van der Waals surface area contributed by atoms with Crippen LogP contribution in [0.1, 0.15) is 33.1 Å². The van der Waals surface area contributed by atoms with Crippen LogP contribution in [0.3, 0.4) is 0 Å². The van der Waals surface area contributed by atoms with Gasteiger partial charge in [-0.3, -0.25) is 9.59 Å². The summed E-state index contributed by atoms with van der Waals surface area (Å²) in [5.74, 6) is -0.125. The minimum Gasteiger partial charge on any atom is -0.466 e. The lowest BCUT2D eigenvalue weighted by atomic mass is 9.95. The molecule has 1 fully saturated rings. The molecular formula is C13H20O4. The molecule has 0 unspecified atom stereocenters. The highest BCUT2D eigenvalue weighted by molar-refractivity contribution is 5.66. The molecule has 0 amide bonds. The van der Waals surface area contributed by atoms with E-state index in [1.54, 1.807) is 0 Å². The van der Waals surface area contributed by atoms with Gasteiger partial charge in [-0.05, 0) is 30.6 Å². The SMILES string of the molecule is C=CC[C@]1(CCOC(C)=O)C[C@H]1COC(C)=O. The first-order chi connectivity index (χ1) is 8.00. The van der Waals surface area contributed by atoms with Crippen molar-refractivity contribution in [3.8, 4) is 0 Å².